The Bertz CT molecular complexity index is 377. The quantitative estimate of drug-likeness (QED) is 0.597. The Balaban J connectivity index is 3.32. The molecule has 0 saturated carbocycles. The Morgan fingerprint density at radius 3 is 2.57 bits per heavy atom. The zero-order chi connectivity index (χ0) is 10.9. The Morgan fingerprint density at radius 1 is 1.50 bits per heavy atom. The first-order valence-electron chi connectivity index (χ1n) is 3.92. The molecule has 1 N–H and O–H groups in total. The highest BCUT2D eigenvalue weighted by Crippen LogP contribution is 2.29. The van der Waals surface area contributed by atoms with Crippen LogP contribution in [-0.2, 0) is 0 Å². The lowest BCUT2D eigenvalue weighted by molar-refractivity contribution is 0.205. The molecule has 0 fully saturated rings. The number of halogens is 3. The molecule has 0 aliphatic heterocycles. The van der Waals surface area contributed by atoms with E-state index in [1.54, 1.807) is 0 Å². The number of benzene rings is 1. The van der Waals surface area contributed by atoms with E-state index in [0.29, 0.717) is 0 Å². The van der Waals surface area contributed by atoms with Crippen molar-refractivity contribution in [2.75, 3.05) is 0 Å². The van der Waals surface area contributed by atoms with E-state index in [2.05, 4.69) is 6.58 Å². The highest BCUT2D eigenvalue weighted by molar-refractivity contribution is 6.30. The fourth-order valence-electron chi connectivity index (χ4n) is 1.04. The van der Waals surface area contributed by atoms with Crippen molar-refractivity contribution in [3.8, 4) is 0 Å². The minimum atomic E-state index is -1.37. The average Bonchev–Trinajstić information content (AvgIpc) is 2.12. The molecular formula is C10H9ClF2O. The molecule has 1 unspecified atom stereocenters. The summed E-state index contributed by atoms with van der Waals surface area (Å²) in [7, 11) is 0. The van der Waals surface area contributed by atoms with Crippen LogP contribution in [0.5, 0.6) is 0 Å². The van der Waals surface area contributed by atoms with Crippen molar-refractivity contribution in [1.29, 1.82) is 0 Å². The van der Waals surface area contributed by atoms with Gasteiger partial charge < -0.3 is 5.11 Å². The molecule has 4 heteroatoms. The highest BCUT2D eigenvalue weighted by Gasteiger charge is 2.20. The monoisotopic (exact) mass is 218 g/mol. The van der Waals surface area contributed by atoms with Gasteiger partial charge >= 0.3 is 0 Å². The maximum atomic E-state index is 13.3. The minimum absolute atomic E-state index is 0.221. The topological polar surface area (TPSA) is 20.2 Å². The molecule has 1 aromatic rings. The Hall–Kier alpha value is -0.930. The van der Waals surface area contributed by atoms with Crippen LogP contribution in [-0.4, -0.2) is 5.11 Å². The van der Waals surface area contributed by atoms with Gasteiger partial charge in [-0.25, -0.2) is 8.78 Å². The summed E-state index contributed by atoms with van der Waals surface area (Å²) < 4.78 is 26.4. The van der Waals surface area contributed by atoms with Crippen molar-refractivity contribution in [2.45, 2.75) is 13.0 Å². The summed E-state index contributed by atoms with van der Waals surface area (Å²) in [4.78, 5) is 0. The second-order valence-corrected chi connectivity index (χ2v) is 3.41. The predicted octanol–water partition coefficient (Wildman–Crippen LogP) is 3.23. The van der Waals surface area contributed by atoms with Gasteiger partial charge in [0, 0.05) is 0 Å². The number of hydrogen-bond acceptors (Lipinski definition) is 1. The van der Waals surface area contributed by atoms with Gasteiger partial charge in [-0.05, 0) is 24.6 Å². The molecule has 0 amide bonds. The van der Waals surface area contributed by atoms with E-state index in [4.69, 9.17) is 11.6 Å². The van der Waals surface area contributed by atoms with E-state index in [-0.39, 0.29) is 10.6 Å². The van der Waals surface area contributed by atoms with Crippen LogP contribution in [0.15, 0.2) is 24.3 Å². The molecule has 0 radical (unpaired) electrons. The summed E-state index contributed by atoms with van der Waals surface area (Å²) in [6.45, 7) is 4.89. The van der Waals surface area contributed by atoms with E-state index in [1.165, 1.54) is 6.92 Å². The molecule has 1 nitrogen and oxygen atoms in total. The van der Waals surface area contributed by atoms with Crippen LogP contribution in [0, 0.1) is 11.6 Å². The minimum Gasteiger partial charge on any atom is -0.384 e. The Kier molecular flexibility index (Phi) is 3.24. The van der Waals surface area contributed by atoms with Crippen molar-refractivity contribution >= 4 is 11.6 Å². The standard InChI is InChI=1S/C10H9ClF2O/c1-5(2)10(14)8-7(12)4-3-6(11)9(8)13/h3-4,10,14H,1H2,2H3. The van der Waals surface area contributed by atoms with Gasteiger partial charge in [-0.1, -0.05) is 18.2 Å². The third-order valence-corrected chi connectivity index (χ3v) is 2.11. The lowest BCUT2D eigenvalue weighted by Crippen LogP contribution is -2.05. The molecule has 1 aromatic carbocycles. The summed E-state index contributed by atoms with van der Waals surface area (Å²) in [6.07, 6.45) is -1.37. The highest BCUT2D eigenvalue weighted by atomic mass is 35.5. The van der Waals surface area contributed by atoms with Crippen LogP contribution >= 0.6 is 11.6 Å². The predicted molar refractivity (Wildman–Crippen MR) is 51.1 cm³/mol. The molecule has 76 valence electrons. The average molecular weight is 219 g/mol. The second-order valence-electron chi connectivity index (χ2n) is 3.01. The number of aliphatic hydroxyl groups excluding tert-OH is 1. The first-order valence-corrected chi connectivity index (χ1v) is 4.29. The summed E-state index contributed by atoms with van der Waals surface area (Å²) in [5.41, 5.74) is -0.199. The van der Waals surface area contributed by atoms with Gasteiger partial charge in [0.2, 0.25) is 0 Å². The third kappa shape index (κ3) is 1.94. The third-order valence-electron chi connectivity index (χ3n) is 1.82. The first kappa shape index (κ1) is 11.1. The Labute approximate surface area is 85.6 Å². The van der Waals surface area contributed by atoms with Crippen molar-refractivity contribution in [1.82, 2.24) is 0 Å². The van der Waals surface area contributed by atoms with E-state index < -0.39 is 23.3 Å². The number of rotatable bonds is 2. The van der Waals surface area contributed by atoms with E-state index in [9.17, 15) is 13.9 Å². The van der Waals surface area contributed by atoms with Gasteiger partial charge in [0.15, 0.2) is 5.82 Å². The molecule has 0 saturated heterocycles. The molecular weight excluding hydrogens is 210 g/mol. The number of aliphatic hydroxyl groups is 1. The van der Waals surface area contributed by atoms with E-state index in [0.717, 1.165) is 12.1 Å². The maximum Gasteiger partial charge on any atom is 0.150 e. The van der Waals surface area contributed by atoms with Gasteiger partial charge in [-0.3, -0.25) is 0 Å². The van der Waals surface area contributed by atoms with Crippen molar-refractivity contribution in [3.63, 3.8) is 0 Å². The van der Waals surface area contributed by atoms with Crippen LogP contribution in [0.2, 0.25) is 5.02 Å². The molecule has 0 aliphatic rings. The molecule has 0 heterocycles. The normalized spacial score (nSPS) is 12.6. The fourth-order valence-corrected chi connectivity index (χ4v) is 1.20. The zero-order valence-electron chi connectivity index (χ0n) is 7.52. The van der Waals surface area contributed by atoms with Crippen LogP contribution < -0.4 is 0 Å². The molecule has 0 bridgehead atoms. The molecule has 1 atom stereocenters. The first-order chi connectivity index (χ1) is 6.45. The molecule has 0 aliphatic carbocycles. The second kappa shape index (κ2) is 4.07. The van der Waals surface area contributed by atoms with Gasteiger partial charge in [0.1, 0.15) is 11.9 Å². The van der Waals surface area contributed by atoms with Crippen LogP contribution in [0.25, 0.3) is 0 Å². The largest absolute Gasteiger partial charge is 0.384 e. The van der Waals surface area contributed by atoms with Crippen LogP contribution in [0.1, 0.15) is 18.6 Å². The molecule has 1 rings (SSSR count). The summed E-state index contributed by atoms with van der Waals surface area (Å²) >= 11 is 5.45. The lowest BCUT2D eigenvalue weighted by Gasteiger charge is -2.13. The van der Waals surface area contributed by atoms with Crippen molar-refractivity contribution < 1.29 is 13.9 Å². The summed E-state index contributed by atoms with van der Waals surface area (Å²) in [6, 6.07) is 2.10. The van der Waals surface area contributed by atoms with Crippen LogP contribution in [0.3, 0.4) is 0 Å². The molecule has 14 heavy (non-hydrogen) atoms. The van der Waals surface area contributed by atoms with Gasteiger partial charge in [0.25, 0.3) is 0 Å². The number of hydrogen-bond donors (Lipinski definition) is 1. The van der Waals surface area contributed by atoms with Gasteiger partial charge in [-0.15, -0.1) is 0 Å². The van der Waals surface area contributed by atoms with Crippen LogP contribution in [0.4, 0.5) is 8.78 Å². The van der Waals surface area contributed by atoms with E-state index >= 15 is 0 Å². The van der Waals surface area contributed by atoms with Crippen molar-refractivity contribution in [2.24, 2.45) is 0 Å². The summed E-state index contributed by atoms with van der Waals surface area (Å²) in [5.74, 6) is -1.77. The van der Waals surface area contributed by atoms with E-state index in [1.807, 2.05) is 0 Å². The van der Waals surface area contributed by atoms with Gasteiger partial charge in [0.05, 0.1) is 10.6 Å². The van der Waals surface area contributed by atoms with Gasteiger partial charge in [-0.2, -0.15) is 0 Å². The zero-order valence-corrected chi connectivity index (χ0v) is 8.28. The fraction of sp³-hybridized carbons (Fsp3) is 0.200. The van der Waals surface area contributed by atoms with Crippen molar-refractivity contribution in [3.05, 3.63) is 46.5 Å². The summed E-state index contributed by atoms with van der Waals surface area (Å²) in [5, 5.41) is 9.23. The SMILES string of the molecule is C=C(C)C(O)c1c(F)ccc(Cl)c1F. The maximum absolute atomic E-state index is 13.3. The molecule has 0 spiro atoms. The lowest BCUT2D eigenvalue weighted by atomic mass is 10.0. The molecule has 0 aromatic heterocycles. The smallest absolute Gasteiger partial charge is 0.150 e. The Morgan fingerprint density at radius 2 is 2.07 bits per heavy atom.